The number of fused-ring (bicyclic) bond motifs is 3. The topological polar surface area (TPSA) is 64.9 Å². The van der Waals surface area contributed by atoms with Gasteiger partial charge in [-0.2, -0.15) is 0 Å². The standard InChI is InChI=1S/C22H21N3O3S/c1-27-16-7-4-14(5-8-16)18-13-25-19-9-6-15(11-20(19)29-22(25)24-18)21(26)23-12-17-3-2-10-28-17/h4-9,11,13,17H,2-3,10,12H2,1H3,(H,23,26). The van der Waals surface area contributed by atoms with Crippen LogP contribution in [-0.2, 0) is 4.74 Å². The van der Waals surface area contributed by atoms with Crippen molar-refractivity contribution in [3.8, 4) is 17.0 Å². The molecule has 0 spiro atoms. The normalized spacial score (nSPS) is 16.5. The van der Waals surface area contributed by atoms with Gasteiger partial charge in [0.25, 0.3) is 5.91 Å². The molecule has 1 amide bonds. The van der Waals surface area contributed by atoms with Gasteiger partial charge < -0.3 is 14.8 Å². The summed E-state index contributed by atoms with van der Waals surface area (Å²) in [6.45, 7) is 1.36. The Morgan fingerprint density at radius 3 is 2.93 bits per heavy atom. The number of benzene rings is 2. The SMILES string of the molecule is COc1ccc(-c2cn3c(n2)sc2cc(C(=O)NCC4CCCO4)ccc23)cc1. The van der Waals surface area contributed by atoms with Crippen LogP contribution in [0.4, 0.5) is 0 Å². The fourth-order valence-corrected chi connectivity index (χ4v) is 4.70. The van der Waals surface area contributed by atoms with Gasteiger partial charge in [-0.25, -0.2) is 4.98 Å². The Kier molecular flexibility index (Phi) is 4.69. The lowest BCUT2D eigenvalue weighted by molar-refractivity contribution is 0.0858. The maximum Gasteiger partial charge on any atom is 0.251 e. The van der Waals surface area contributed by atoms with E-state index in [0.717, 1.165) is 51.6 Å². The number of rotatable bonds is 5. The number of ether oxygens (including phenoxy) is 2. The average Bonchev–Trinajstić information content (AvgIpc) is 3.48. The van der Waals surface area contributed by atoms with E-state index in [2.05, 4.69) is 9.72 Å². The van der Waals surface area contributed by atoms with Crippen molar-refractivity contribution in [1.82, 2.24) is 14.7 Å². The first kappa shape index (κ1) is 18.1. The molecule has 29 heavy (non-hydrogen) atoms. The van der Waals surface area contributed by atoms with Crippen molar-refractivity contribution in [2.75, 3.05) is 20.3 Å². The number of hydrogen-bond acceptors (Lipinski definition) is 5. The molecule has 3 heterocycles. The second kappa shape index (κ2) is 7.50. The molecule has 2 aromatic carbocycles. The first-order valence-corrected chi connectivity index (χ1v) is 10.5. The molecule has 1 N–H and O–H groups in total. The van der Waals surface area contributed by atoms with E-state index in [1.807, 2.05) is 48.7 Å². The van der Waals surface area contributed by atoms with Crippen LogP contribution in [0.1, 0.15) is 23.2 Å². The highest BCUT2D eigenvalue weighted by Gasteiger charge is 2.17. The number of carbonyl (C=O) groups excluding carboxylic acids is 1. The van der Waals surface area contributed by atoms with E-state index >= 15 is 0 Å². The van der Waals surface area contributed by atoms with E-state index in [1.54, 1.807) is 18.4 Å². The van der Waals surface area contributed by atoms with Crippen LogP contribution in [0.5, 0.6) is 5.75 Å². The summed E-state index contributed by atoms with van der Waals surface area (Å²) >= 11 is 1.58. The molecule has 0 aliphatic carbocycles. The van der Waals surface area contributed by atoms with Gasteiger partial charge in [-0.05, 0) is 55.3 Å². The van der Waals surface area contributed by atoms with Crippen LogP contribution >= 0.6 is 11.3 Å². The quantitative estimate of drug-likeness (QED) is 0.540. The fourth-order valence-electron chi connectivity index (χ4n) is 3.66. The maximum absolute atomic E-state index is 12.5. The minimum atomic E-state index is -0.0626. The molecule has 2 aromatic heterocycles. The molecule has 1 saturated heterocycles. The number of carbonyl (C=O) groups is 1. The molecule has 5 rings (SSSR count). The Hall–Kier alpha value is -2.90. The van der Waals surface area contributed by atoms with Crippen LogP contribution in [0.25, 0.3) is 26.4 Å². The summed E-state index contributed by atoms with van der Waals surface area (Å²) in [4.78, 5) is 18.2. The second-order valence-corrected chi connectivity index (χ2v) is 8.15. The first-order valence-electron chi connectivity index (χ1n) is 9.67. The van der Waals surface area contributed by atoms with Crippen molar-refractivity contribution in [3.63, 3.8) is 0 Å². The third-order valence-corrected chi connectivity index (χ3v) is 6.27. The van der Waals surface area contributed by atoms with Gasteiger partial charge in [-0.1, -0.05) is 11.3 Å². The van der Waals surface area contributed by atoms with Gasteiger partial charge >= 0.3 is 0 Å². The highest BCUT2D eigenvalue weighted by molar-refractivity contribution is 7.23. The zero-order valence-electron chi connectivity index (χ0n) is 16.1. The highest BCUT2D eigenvalue weighted by atomic mass is 32.1. The van der Waals surface area contributed by atoms with E-state index in [0.29, 0.717) is 12.1 Å². The van der Waals surface area contributed by atoms with Crippen molar-refractivity contribution in [1.29, 1.82) is 0 Å². The largest absolute Gasteiger partial charge is 0.497 e. The predicted octanol–water partition coefficient (Wildman–Crippen LogP) is 4.13. The van der Waals surface area contributed by atoms with E-state index < -0.39 is 0 Å². The molecule has 1 aliphatic rings. The summed E-state index contributed by atoms with van der Waals surface area (Å²) in [5.41, 5.74) is 3.67. The smallest absolute Gasteiger partial charge is 0.251 e. The predicted molar refractivity (Wildman–Crippen MR) is 114 cm³/mol. The van der Waals surface area contributed by atoms with Gasteiger partial charge in [0.05, 0.1) is 29.1 Å². The first-order chi connectivity index (χ1) is 14.2. The minimum absolute atomic E-state index is 0.0626. The molecular weight excluding hydrogens is 386 g/mol. The summed E-state index contributed by atoms with van der Waals surface area (Å²) < 4.78 is 13.9. The number of nitrogens with zero attached hydrogens (tertiary/aromatic N) is 2. The van der Waals surface area contributed by atoms with Gasteiger partial charge in [0, 0.05) is 30.5 Å². The van der Waals surface area contributed by atoms with Crippen molar-refractivity contribution >= 4 is 32.4 Å². The van der Waals surface area contributed by atoms with Gasteiger partial charge in [0.2, 0.25) is 0 Å². The third kappa shape index (κ3) is 3.47. The molecular formula is C22H21N3O3S. The molecule has 4 aromatic rings. The molecule has 1 aliphatic heterocycles. The van der Waals surface area contributed by atoms with Crippen LogP contribution in [-0.4, -0.2) is 41.7 Å². The second-order valence-electron chi connectivity index (χ2n) is 7.14. The lowest BCUT2D eigenvalue weighted by atomic mass is 10.1. The number of hydrogen-bond donors (Lipinski definition) is 1. The number of aromatic nitrogens is 2. The van der Waals surface area contributed by atoms with Crippen LogP contribution in [0, 0.1) is 0 Å². The molecule has 6 nitrogen and oxygen atoms in total. The fraction of sp³-hybridized carbons (Fsp3) is 0.273. The number of amides is 1. The van der Waals surface area contributed by atoms with Crippen LogP contribution in [0.3, 0.4) is 0 Å². The molecule has 1 fully saturated rings. The van der Waals surface area contributed by atoms with Gasteiger partial charge in [0.15, 0.2) is 4.96 Å². The van der Waals surface area contributed by atoms with Crippen LogP contribution in [0.15, 0.2) is 48.7 Å². The summed E-state index contributed by atoms with van der Waals surface area (Å²) in [6.07, 6.45) is 4.26. The molecule has 0 bridgehead atoms. The van der Waals surface area contributed by atoms with E-state index in [1.165, 1.54) is 0 Å². The lowest BCUT2D eigenvalue weighted by Crippen LogP contribution is -2.31. The zero-order valence-corrected chi connectivity index (χ0v) is 16.9. The Labute approximate surface area is 172 Å². The van der Waals surface area contributed by atoms with Crippen molar-refractivity contribution < 1.29 is 14.3 Å². The van der Waals surface area contributed by atoms with Crippen molar-refractivity contribution in [3.05, 3.63) is 54.2 Å². The van der Waals surface area contributed by atoms with Gasteiger partial charge in [0.1, 0.15) is 5.75 Å². The van der Waals surface area contributed by atoms with Crippen LogP contribution in [0.2, 0.25) is 0 Å². The number of imidazole rings is 1. The van der Waals surface area contributed by atoms with Crippen molar-refractivity contribution in [2.24, 2.45) is 0 Å². The van der Waals surface area contributed by atoms with Gasteiger partial charge in [-0.3, -0.25) is 9.20 Å². The average molecular weight is 407 g/mol. The number of methoxy groups -OCH3 is 1. The van der Waals surface area contributed by atoms with E-state index in [9.17, 15) is 4.79 Å². The Morgan fingerprint density at radius 1 is 1.31 bits per heavy atom. The number of thiazole rings is 1. The monoisotopic (exact) mass is 407 g/mol. The van der Waals surface area contributed by atoms with Crippen molar-refractivity contribution in [2.45, 2.75) is 18.9 Å². The molecule has 0 radical (unpaired) electrons. The molecule has 7 heteroatoms. The third-order valence-electron chi connectivity index (χ3n) is 5.26. The van der Waals surface area contributed by atoms with E-state index in [-0.39, 0.29) is 12.0 Å². The lowest BCUT2D eigenvalue weighted by Gasteiger charge is -2.10. The maximum atomic E-state index is 12.5. The molecule has 1 atom stereocenters. The summed E-state index contributed by atoms with van der Waals surface area (Å²) in [7, 11) is 1.66. The molecule has 0 saturated carbocycles. The highest BCUT2D eigenvalue weighted by Crippen LogP contribution is 2.30. The van der Waals surface area contributed by atoms with Crippen LogP contribution < -0.4 is 10.1 Å². The van der Waals surface area contributed by atoms with E-state index in [4.69, 9.17) is 14.5 Å². The minimum Gasteiger partial charge on any atom is -0.497 e. The van der Waals surface area contributed by atoms with Gasteiger partial charge in [-0.15, -0.1) is 0 Å². The Bertz CT molecular complexity index is 1170. The summed E-state index contributed by atoms with van der Waals surface area (Å²) in [5, 5.41) is 2.98. The number of nitrogens with one attached hydrogen (secondary N) is 1. The Balaban J connectivity index is 1.39. The zero-order chi connectivity index (χ0) is 19.8. The summed E-state index contributed by atoms with van der Waals surface area (Å²) in [6, 6.07) is 13.7. The molecule has 1 unspecified atom stereocenters. The molecule has 148 valence electrons. The Morgan fingerprint density at radius 2 is 2.17 bits per heavy atom. The summed E-state index contributed by atoms with van der Waals surface area (Å²) in [5.74, 6) is 0.762.